The molecule has 2 atom stereocenters. The van der Waals surface area contributed by atoms with Crippen molar-refractivity contribution in [3.05, 3.63) is 77.9 Å². The highest BCUT2D eigenvalue weighted by molar-refractivity contribution is 5.89. The maximum Gasteiger partial charge on any atom is 0.227 e. The summed E-state index contributed by atoms with van der Waals surface area (Å²) in [7, 11) is 0. The molecule has 2 heterocycles. The molecule has 0 bridgehead atoms. The molecular formula is C24H26N2O. The van der Waals surface area contributed by atoms with Crippen LogP contribution in [0.3, 0.4) is 0 Å². The van der Waals surface area contributed by atoms with Crippen LogP contribution in [0.4, 0.5) is 0 Å². The van der Waals surface area contributed by atoms with E-state index in [-0.39, 0.29) is 17.4 Å². The van der Waals surface area contributed by atoms with Gasteiger partial charge < -0.3 is 10.2 Å². The number of fused-ring (bicyclic) bond motifs is 4. The smallest absolute Gasteiger partial charge is 0.227 e. The highest BCUT2D eigenvalue weighted by atomic mass is 16.2. The van der Waals surface area contributed by atoms with Crippen LogP contribution in [0.25, 0.3) is 5.70 Å². The van der Waals surface area contributed by atoms with Gasteiger partial charge in [-0.25, -0.2) is 0 Å². The van der Waals surface area contributed by atoms with Crippen molar-refractivity contribution in [3.8, 4) is 0 Å². The first-order chi connectivity index (χ1) is 13.2. The van der Waals surface area contributed by atoms with Crippen LogP contribution < -0.4 is 5.32 Å². The third-order valence-electron chi connectivity index (χ3n) is 6.89. The SMILES string of the molecule is C=C(c1ccccc1)N1C(=O)C[C@H]2CC3(CCNCC3)c3ccccc3[C@H]21. The van der Waals surface area contributed by atoms with Gasteiger partial charge in [0, 0.05) is 12.1 Å². The Balaban J connectivity index is 1.59. The zero-order chi connectivity index (χ0) is 18.4. The van der Waals surface area contributed by atoms with E-state index in [4.69, 9.17) is 0 Å². The van der Waals surface area contributed by atoms with Crippen LogP contribution in [0.5, 0.6) is 0 Å². The van der Waals surface area contributed by atoms with Crippen molar-refractivity contribution in [1.29, 1.82) is 0 Å². The largest absolute Gasteiger partial charge is 0.317 e. The summed E-state index contributed by atoms with van der Waals surface area (Å²) in [5, 5.41) is 3.51. The first-order valence-corrected chi connectivity index (χ1v) is 10.1. The summed E-state index contributed by atoms with van der Waals surface area (Å²) in [6, 6.07) is 19.1. The van der Waals surface area contributed by atoms with Crippen LogP contribution >= 0.6 is 0 Å². The minimum absolute atomic E-state index is 0.127. The predicted octanol–water partition coefficient (Wildman–Crippen LogP) is 4.27. The highest BCUT2D eigenvalue weighted by Crippen LogP contribution is 2.56. The average molecular weight is 358 g/mol. The number of amides is 1. The van der Waals surface area contributed by atoms with Gasteiger partial charge in [-0.2, -0.15) is 0 Å². The fourth-order valence-electron chi connectivity index (χ4n) is 5.69. The molecule has 0 radical (unpaired) electrons. The van der Waals surface area contributed by atoms with Crippen LogP contribution in [0.15, 0.2) is 61.2 Å². The summed E-state index contributed by atoms with van der Waals surface area (Å²) in [4.78, 5) is 15.1. The Hall–Kier alpha value is -2.39. The van der Waals surface area contributed by atoms with Crippen LogP contribution in [0, 0.1) is 5.92 Å². The van der Waals surface area contributed by atoms with E-state index in [0.717, 1.165) is 30.8 Å². The Morgan fingerprint density at radius 1 is 1.04 bits per heavy atom. The normalized spacial score (nSPS) is 25.9. The summed E-state index contributed by atoms with van der Waals surface area (Å²) in [6.07, 6.45) is 4.09. The Bertz CT molecular complexity index is 882. The molecule has 0 saturated carbocycles. The lowest BCUT2D eigenvalue weighted by atomic mass is 9.60. The fraction of sp³-hybridized carbons (Fsp3) is 0.375. The summed E-state index contributed by atoms with van der Waals surface area (Å²) in [6.45, 7) is 6.46. The van der Waals surface area contributed by atoms with E-state index >= 15 is 0 Å². The van der Waals surface area contributed by atoms with Crippen molar-refractivity contribution >= 4 is 11.6 Å². The minimum atomic E-state index is 0.127. The maximum atomic E-state index is 13.1. The number of piperidine rings is 1. The standard InChI is InChI=1S/C24H26N2O/c1-17(18-7-3-2-4-8-18)26-22(27)15-19-16-24(11-13-25-14-12-24)21-10-6-5-9-20(21)23(19)26/h2-10,19,23,25H,1,11-16H2/t19-,23-/m0/s1. The lowest BCUT2D eigenvalue weighted by Gasteiger charge is -2.47. The van der Waals surface area contributed by atoms with E-state index in [9.17, 15) is 4.79 Å². The molecule has 2 saturated heterocycles. The number of rotatable bonds is 2. The molecule has 2 fully saturated rings. The van der Waals surface area contributed by atoms with E-state index in [0.29, 0.717) is 12.3 Å². The van der Waals surface area contributed by atoms with Crippen LogP contribution in [-0.2, 0) is 10.2 Å². The number of nitrogens with one attached hydrogen (secondary N) is 1. The Kier molecular flexibility index (Phi) is 3.94. The highest BCUT2D eigenvalue weighted by Gasteiger charge is 2.52. The van der Waals surface area contributed by atoms with E-state index < -0.39 is 0 Å². The number of carbonyl (C=O) groups excluding carboxylic acids is 1. The second-order valence-electron chi connectivity index (χ2n) is 8.31. The molecule has 1 spiro atoms. The average Bonchev–Trinajstić information content (AvgIpc) is 3.04. The van der Waals surface area contributed by atoms with Gasteiger partial charge in [0.25, 0.3) is 0 Å². The number of hydrogen-bond donors (Lipinski definition) is 1. The van der Waals surface area contributed by atoms with Gasteiger partial charge in [0.1, 0.15) is 0 Å². The molecule has 1 aliphatic carbocycles. The first kappa shape index (κ1) is 16.8. The number of hydrogen-bond acceptors (Lipinski definition) is 2. The minimum Gasteiger partial charge on any atom is -0.317 e. The second-order valence-corrected chi connectivity index (χ2v) is 8.31. The van der Waals surface area contributed by atoms with E-state index in [1.54, 1.807) is 0 Å². The van der Waals surface area contributed by atoms with Crippen molar-refractivity contribution in [2.24, 2.45) is 5.92 Å². The summed E-state index contributed by atoms with van der Waals surface area (Å²) >= 11 is 0. The molecule has 2 aliphatic heterocycles. The molecule has 0 aromatic heterocycles. The zero-order valence-electron chi connectivity index (χ0n) is 15.7. The third kappa shape index (κ3) is 2.56. The van der Waals surface area contributed by atoms with Crippen LogP contribution in [0.1, 0.15) is 48.4 Å². The molecule has 5 rings (SSSR count). The Morgan fingerprint density at radius 3 is 2.52 bits per heavy atom. The van der Waals surface area contributed by atoms with Crippen molar-refractivity contribution in [3.63, 3.8) is 0 Å². The van der Waals surface area contributed by atoms with Gasteiger partial charge in [0.05, 0.1) is 6.04 Å². The van der Waals surface area contributed by atoms with Gasteiger partial charge in [-0.15, -0.1) is 0 Å². The first-order valence-electron chi connectivity index (χ1n) is 10.1. The molecule has 1 N–H and O–H groups in total. The van der Waals surface area contributed by atoms with E-state index in [1.165, 1.54) is 24.0 Å². The number of benzene rings is 2. The molecule has 0 unspecified atom stereocenters. The molecule has 3 nitrogen and oxygen atoms in total. The lowest BCUT2D eigenvalue weighted by Crippen LogP contribution is -2.45. The number of carbonyl (C=O) groups is 1. The summed E-state index contributed by atoms with van der Waals surface area (Å²) in [5.41, 5.74) is 4.91. The van der Waals surface area contributed by atoms with Gasteiger partial charge >= 0.3 is 0 Å². The molecular weight excluding hydrogens is 332 g/mol. The van der Waals surface area contributed by atoms with Gasteiger partial charge in [-0.05, 0) is 60.4 Å². The fourth-order valence-corrected chi connectivity index (χ4v) is 5.69. The summed E-state index contributed by atoms with van der Waals surface area (Å²) < 4.78 is 0. The van der Waals surface area contributed by atoms with Crippen molar-refractivity contribution < 1.29 is 4.79 Å². The van der Waals surface area contributed by atoms with Crippen LogP contribution in [-0.4, -0.2) is 23.9 Å². The van der Waals surface area contributed by atoms with Gasteiger partial charge in [0.2, 0.25) is 5.91 Å². The number of likely N-dealkylation sites (tertiary alicyclic amines) is 1. The van der Waals surface area contributed by atoms with Gasteiger partial charge in [0.15, 0.2) is 0 Å². The maximum absolute atomic E-state index is 13.1. The Morgan fingerprint density at radius 2 is 1.74 bits per heavy atom. The molecule has 1 amide bonds. The molecule has 2 aromatic rings. The second kappa shape index (κ2) is 6.35. The molecule has 2 aromatic carbocycles. The molecule has 3 aliphatic rings. The van der Waals surface area contributed by atoms with E-state index in [2.05, 4.69) is 36.2 Å². The van der Waals surface area contributed by atoms with Crippen molar-refractivity contribution in [2.45, 2.75) is 37.1 Å². The quantitative estimate of drug-likeness (QED) is 0.869. The zero-order valence-corrected chi connectivity index (χ0v) is 15.7. The van der Waals surface area contributed by atoms with Crippen LogP contribution in [0.2, 0.25) is 0 Å². The molecule has 27 heavy (non-hydrogen) atoms. The van der Waals surface area contributed by atoms with Gasteiger partial charge in [-0.3, -0.25) is 4.79 Å². The third-order valence-corrected chi connectivity index (χ3v) is 6.89. The Labute approximate surface area is 161 Å². The molecule has 138 valence electrons. The van der Waals surface area contributed by atoms with Crippen molar-refractivity contribution in [2.75, 3.05) is 13.1 Å². The number of nitrogens with zero attached hydrogens (tertiary/aromatic N) is 1. The topological polar surface area (TPSA) is 32.3 Å². The summed E-state index contributed by atoms with van der Waals surface area (Å²) in [5.74, 6) is 0.602. The van der Waals surface area contributed by atoms with Crippen molar-refractivity contribution in [1.82, 2.24) is 10.2 Å². The predicted molar refractivity (Wildman–Crippen MR) is 108 cm³/mol. The van der Waals surface area contributed by atoms with Gasteiger partial charge in [-0.1, -0.05) is 61.2 Å². The van der Waals surface area contributed by atoms with E-state index in [1.807, 2.05) is 35.2 Å². The molecule has 3 heteroatoms. The lowest BCUT2D eigenvalue weighted by molar-refractivity contribution is -0.125. The monoisotopic (exact) mass is 358 g/mol.